The molecule has 0 bridgehead atoms. The van der Waals surface area contributed by atoms with Gasteiger partial charge in [0, 0.05) is 23.4 Å². The molecule has 0 unspecified atom stereocenters. The van der Waals surface area contributed by atoms with Crippen molar-refractivity contribution in [3.8, 4) is 5.75 Å². The van der Waals surface area contributed by atoms with E-state index in [1.54, 1.807) is 41.8 Å². The zero-order chi connectivity index (χ0) is 17.0. The molecule has 0 aliphatic heterocycles. The summed E-state index contributed by atoms with van der Waals surface area (Å²) >= 11 is 1.21. The second-order valence-electron chi connectivity index (χ2n) is 4.75. The fourth-order valence-electron chi connectivity index (χ4n) is 1.90. The van der Waals surface area contributed by atoms with Crippen molar-refractivity contribution in [2.75, 3.05) is 4.72 Å². The molecule has 2 aromatic carbocycles. The van der Waals surface area contributed by atoms with E-state index in [0.29, 0.717) is 16.4 Å². The minimum absolute atomic E-state index is 0.124. The molecule has 1 heterocycles. The number of thiazole rings is 1. The van der Waals surface area contributed by atoms with Gasteiger partial charge in [-0.1, -0.05) is 12.1 Å². The molecule has 0 saturated heterocycles. The first kappa shape index (κ1) is 16.2. The molecule has 8 heteroatoms. The molecule has 0 saturated carbocycles. The summed E-state index contributed by atoms with van der Waals surface area (Å²) in [7, 11) is -3.67. The minimum Gasteiger partial charge on any atom is -0.507 e. The molecule has 0 aliphatic rings. The number of hydrogen-bond acceptors (Lipinski definition) is 6. The molecule has 1 aromatic heterocycles. The minimum atomic E-state index is -3.67. The number of nitrogens with zero attached hydrogens (tertiary/aromatic N) is 2. The van der Waals surface area contributed by atoms with Gasteiger partial charge in [-0.15, -0.1) is 11.3 Å². The monoisotopic (exact) mass is 359 g/mol. The number of phenolic OH excluding ortho intramolecular Hbond substituents is 1. The van der Waals surface area contributed by atoms with E-state index in [4.69, 9.17) is 0 Å². The second-order valence-corrected chi connectivity index (χ2v) is 7.33. The van der Waals surface area contributed by atoms with Crippen molar-refractivity contribution < 1.29 is 13.5 Å². The Kier molecular flexibility index (Phi) is 4.59. The number of benzene rings is 2. The van der Waals surface area contributed by atoms with Crippen LogP contribution in [0.4, 0.5) is 10.8 Å². The Balaban J connectivity index is 1.77. The predicted molar refractivity (Wildman–Crippen MR) is 94.7 cm³/mol. The van der Waals surface area contributed by atoms with Crippen LogP contribution in [0.15, 0.2) is 70.0 Å². The van der Waals surface area contributed by atoms with Crippen molar-refractivity contribution in [1.29, 1.82) is 0 Å². The Bertz CT molecular complexity index is 950. The fraction of sp³-hybridized carbons (Fsp3) is 0. The quantitative estimate of drug-likeness (QED) is 0.683. The fourth-order valence-corrected chi connectivity index (χ4v) is 3.69. The van der Waals surface area contributed by atoms with Crippen LogP contribution in [-0.2, 0) is 10.0 Å². The lowest BCUT2D eigenvalue weighted by Gasteiger charge is -2.05. The standard InChI is InChI=1S/C16H13N3O3S2/c20-15-4-2-1-3-12(15)11-18-13-5-7-14(8-6-13)24(21,22)19-16-17-9-10-23-16/h1-11,20H,(H,17,19)/b18-11+. The van der Waals surface area contributed by atoms with Crippen LogP contribution in [0.1, 0.15) is 5.56 Å². The van der Waals surface area contributed by atoms with Crippen molar-refractivity contribution in [1.82, 2.24) is 4.98 Å². The highest BCUT2D eigenvalue weighted by Gasteiger charge is 2.15. The maximum Gasteiger partial charge on any atom is 0.263 e. The van der Waals surface area contributed by atoms with Crippen LogP contribution < -0.4 is 4.72 Å². The van der Waals surface area contributed by atoms with Crippen molar-refractivity contribution in [2.45, 2.75) is 4.90 Å². The zero-order valence-electron chi connectivity index (χ0n) is 12.3. The molecule has 3 rings (SSSR count). The summed E-state index contributed by atoms with van der Waals surface area (Å²) in [6, 6.07) is 12.9. The van der Waals surface area contributed by atoms with E-state index < -0.39 is 10.0 Å². The first-order valence-corrected chi connectivity index (χ1v) is 9.25. The largest absolute Gasteiger partial charge is 0.507 e. The highest BCUT2D eigenvalue weighted by Crippen LogP contribution is 2.21. The van der Waals surface area contributed by atoms with Gasteiger partial charge in [0.25, 0.3) is 10.0 Å². The zero-order valence-corrected chi connectivity index (χ0v) is 14.0. The average molecular weight is 359 g/mol. The highest BCUT2D eigenvalue weighted by atomic mass is 32.2. The van der Waals surface area contributed by atoms with E-state index >= 15 is 0 Å². The molecule has 2 N–H and O–H groups in total. The third-order valence-corrected chi connectivity index (χ3v) is 5.26. The first-order valence-electron chi connectivity index (χ1n) is 6.89. The molecule has 24 heavy (non-hydrogen) atoms. The maximum absolute atomic E-state index is 12.2. The number of aliphatic imine (C=N–C) groups is 1. The van der Waals surface area contributed by atoms with Gasteiger partial charge < -0.3 is 5.11 Å². The van der Waals surface area contributed by atoms with Crippen LogP contribution in [0.2, 0.25) is 0 Å². The normalized spacial score (nSPS) is 11.7. The molecule has 122 valence electrons. The van der Waals surface area contributed by atoms with Crippen LogP contribution in [0.3, 0.4) is 0 Å². The third-order valence-electron chi connectivity index (χ3n) is 3.09. The molecule has 0 amide bonds. The van der Waals surface area contributed by atoms with Gasteiger partial charge in [-0.2, -0.15) is 0 Å². The number of aromatic hydroxyl groups is 1. The van der Waals surface area contributed by atoms with Crippen LogP contribution in [0, 0.1) is 0 Å². The van der Waals surface area contributed by atoms with Crippen LogP contribution in [0.25, 0.3) is 0 Å². The van der Waals surface area contributed by atoms with E-state index in [-0.39, 0.29) is 10.6 Å². The van der Waals surface area contributed by atoms with Gasteiger partial charge in [0.1, 0.15) is 5.75 Å². The molecule has 0 radical (unpaired) electrons. The second kappa shape index (κ2) is 6.81. The van der Waals surface area contributed by atoms with Crippen molar-refractivity contribution in [3.05, 3.63) is 65.7 Å². The van der Waals surface area contributed by atoms with Gasteiger partial charge in [0.05, 0.1) is 10.6 Å². The molecule has 0 atom stereocenters. The van der Waals surface area contributed by atoms with Crippen LogP contribution in [-0.4, -0.2) is 24.7 Å². The Labute approximate surface area is 143 Å². The molecule has 0 aliphatic carbocycles. The summed E-state index contributed by atoms with van der Waals surface area (Å²) in [6.07, 6.45) is 3.05. The third kappa shape index (κ3) is 3.79. The van der Waals surface area contributed by atoms with Gasteiger partial charge in [0.15, 0.2) is 5.13 Å². The summed E-state index contributed by atoms with van der Waals surface area (Å²) in [6.45, 7) is 0. The Morgan fingerprint density at radius 3 is 2.54 bits per heavy atom. The van der Waals surface area contributed by atoms with Crippen LogP contribution in [0.5, 0.6) is 5.75 Å². The first-order chi connectivity index (χ1) is 11.5. The number of sulfonamides is 1. The number of phenols is 1. The predicted octanol–water partition coefficient (Wildman–Crippen LogP) is 3.40. The van der Waals surface area contributed by atoms with Crippen molar-refractivity contribution in [2.24, 2.45) is 4.99 Å². The molecular formula is C16H13N3O3S2. The number of anilines is 1. The lowest BCUT2D eigenvalue weighted by Crippen LogP contribution is -2.12. The summed E-state index contributed by atoms with van der Waals surface area (Å²) in [5.41, 5.74) is 1.16. The highest BCUT2D eigenvalue weighted by molar-refractivity contribution is 7.93. The van der Waals surface area contributed by atoms with E-state index in [0.717, 1.165) is 0 Å². The molecular weight excluding hydrogens is 346 g/mol. The molecule has 6 nitrogen and oxygen atoms in total. The van der Waals surface area contributed by atoms with E-state index in [1.165, 1.54) is 35.9 Å². The Morgan fingerprint density at radius 2 is 1.88 bits per heavy atom. The maximum atomic E-state index is 12.2. The number of rotatable bonds is 5. The van der Waals surface area contributed by atoms with Crippen molar-refractivity contribution >= 4 is 38.4 Å². The number of para-hydroxylation sites is 1. The summed E-state index contributed by atoms with van der Waals surface area (Å²) < 4.78 is 26.8. The molecule has 0 fully saturated rings. The molecule has 3 aromatic rings. The number of nitrogens with one attached hydrogen (secondary N) is 1. The topological polar surface area (TPSA) is 91.7 Å². The van der Waals surface area contributed by atoms with E-state index in [9.17, 15) is 13.5 Å². The Hall–Kier alpha value is -2.71. The van der Waals surface area contributed by atoms with Gasteiger partial charge in [-0.25, -0.2) is 13.4 Å². The summed E-state index contributed by atoms with van der Waals surface area (Å²) in [5, 5.41) is 11.7. The van der Waals surface area contributed by atoms with Gasteiger partial charge in [0.2, 0.25) is 0 Å². The lowest BCUT2D eigenvalue weighted by molar-refractivity contribution is 0.474. The number of hydrogen-bond donors (Lipinski definition) is 2. The SMILES string of the molecule is O=S(=O)(Nc1nccs1)c1ccc(/N=C/c2ccccc2O)cc1. The molecule has 0 spiro atoms. The summed E-state index contributed by atoms with van der Waals surface area (Å²) in [4.78, 5) is 8.25. The van der Waals surface area contributed by atoms with Gasteiger partial charge >= 0.3 is 0 Å². The number of aromatic nitrogens is 1. The van der Waals surface area contributed by atoms with Crippen molar-refractivity contribution in [3.63, 3.8) is 0 Å². The van der Waals surface area contributed by atoms with E-state index in [2.05, 4.69) is 14.7 Å². The Morgan fingerprint density at radius 1 is 1.12 bits per heavy atom. The summed E-state index contributed by atoms with van der Waals surface area (Å²) in [5.74, 6) is 0.132. The average Bonchev–Trinajstić information content (AvgIpc) is 3.07. The van der Waals surface area contributed by atoms with Gasteiger partial charge in [-0.3, -0.25) is 9.71 Å². The lowest BCUT2D eigenvalue weighted by atomic mass is 10.2. The van der Waals surface area contributed by atoms with Crippen LogP contribution >= 0.6 is 11.3 Å². The van der Waals surface area contributed by atoms with Gasteiger partial charge in [-0.05, 0) is 36.4 Å². The smallest absolute Gasteiger partial charge is 0.263 e. The van der Waals surface area contributed by atoms with E-state index in [1.807, 2.05) is 0 Å².